The summed E-state index contributed by atoms with van der Waals surface area (Å²) in [5.74, 6) is -0.386. The van der Waals surface area contributed by atoms with E-state index in [4.69, 9.17) is 0 Å². The van der Waals surface area contributed by atoms with Crippen molar-refractivity contribution in [1.82, 2.24) is 0 Å². The molecule has 0 amide bonds. The van der Waals surface area contributed by atoms with Gasteiger partial charge in [0.25, 0.3) is 0 Å². The van der Waals surface area contributed by atoms with Crippen molar-refractivity contribution in [2.45, 2.75) is 12.5 Å². The zero-order valence-corrected chi connectivity index (χ0v) is 10.7. The van der Waals surface area contributed by atoms with E-state index in [1.807, 2.05) is 30.3 Å². The number of aliphatic hydroxyl groups excluding tert-OH is 1. The summed E-state index contributed by atoms with van der Waals surface area (Å²) >= 11 is 3.26. The number of hydrogen-bond donors (Lipinski definition) is 1. The van der Waals surface area contributed by atoms with E-state index in [0.717, 1.165) is 5.56 Å². The summed E-state index contributed by atoms with van der Waals surface area (Å²) in [6.07, 6.45) is -0.437. The summed E-state index contributed by atoms with van der Waals surface area (Å²) in [5, 5.41) is 10.1. The fourth-order valence-electron chi connectivity index (χ4n) is 1.77. The molecule has 0 heterocycles. The minimum atomic E-state index is -0.840. The normalized spacial score (nSPS) is 12.4. The molecular formula is C14H12BrFO. The fraction of sp³-hybridized carbons (Fsp3) is 0.143. The lowest BCUT2D eigenvalue weighted by Gasteiger charge is -2.13. The Kier molecular flexibility index (Phi) is 3.92. The maximum Gasteiger partial charge on any atom is 0.130 e. The van der Waals surface area contributed by atoms with Crippen LogP contribution < -0.4 is 0 Å². The zero-order valence-electron chi connectivity index (χ0n) is 9.11. The lowest BCUT2D eigenvalue weighted by Crippen LogP contribution is -2.05. The number of hydrogen-bond acceptors (Lipinski definition) is 1. The van der Waals surface area contributed by atoms with Gasteiger partial charge in [-0.15, -0.1) is 0 Å². The summed E-state index contributed by atoms with van der Waals surface area (Å²) in [4.78, 5) is 0. The van der Waals surface area contributed by atoms with Crippen molar-refractivity contribution >= 4 is 15.9 Å². The van der Waals surface area contributed by atoms with E-state index in [9.17, 15) is 9.50 Å². The van der Waals surface area contributed by atoms with Gasteiger partial charge in [-0.2, -0.15) is 0 Å². The van der Waals surface area contributed by atoms with Gasteiger partial charge < -0.3 is 5.11 Å². The van der Waals surface area contributed by atoms with E-state index in [2.05, 4.69) is 15.9 Å². The largest absolute Gasteiger partial charge is 0.388 e. The second-order valence-electron chi connectivity index (χ2n) is 3.84. The Hall–Kier alpha value is -1.19. The fourth-order valence-corrected chi connectivity index (χ4v) is 2.37. The quantitative estimate of drug-likeness (QED) is 0.911. The van der Waals surface area contributed by atoms with E-state index in [1.54, 1.807) is 12.1 Å². The summed E-state index contributed by atoms with van der Waals surface area (Å²) in [7, 11) is 0. The molecule has 1 atom stereocenters. The lowest BCUT2D eigenvalue weighted by atomic mass is 10.0. The van der Waals surface area contributed by atoms with Crippen molar-refractivity contribution in [3.8, 4) is 0 Å². The van der Waals surface area contributed by atoms with Crippen molar-refractivity contribution in [2.75, 3.05) is 0 Å². The van der Waals surface area contributed by atoms with Crippen LogP contribution in [0.5, 0.6) is 0 Å². The Morgan fingerprint density at radius 3 is 2.41 bits per heavy atom. The maximum atomic E-state index is 13.6. The van der Waals surface area contributed by atoms with Crippen molar-refractivity contribution in [2.24, 2.45) is 0 Å². The smallest absolute Gasteiger partial charge is 0.130 e. The van der Waals surface area contributed by atoms with Crippen molar-refractivity contribution in [1.29, 1.82) is 0 Å². The number of aliphatic hydroxyl groups is 1. The molecule has 0 saturated heterocycles. The molecule has 0 saturated carbocycles. The van der Waals surface area contributed by atoms with Crippen LogP contribution in [0.4, 0.5) is 4.39 Å². The Balaban J connectivity index is 2.23. The third-order valence-corrected chi connectivity index (χ3v) is 3.30. The molecule has 0 radical (unpaired) electrons. The van der Waals surface area contributed by atoms with Gasteiger partial charge in [0.1, 0.15) is 5.82 Å². The summed E-state index contributed by atoms with van der Waals surface area (Å²) in [6.45, 7) is 0. The molecule has 0 aliphatic rings. The second-order valence-corrected chi connectivity index (χ2v) is 4.70. The summed E-state index contributed by atoms with van der Waals surface area (Å²) < 4.78 is 14.2. The van der Waals surface area contributed by atoms with Gasteiger partial charge in [-0.25, -0.2) is 4.39 Å². The van der Waals surface area contributed by atoms with Crippen molar-refractivity contribution in [3.05, 3.63) is 69.9 Å². The van der Waals surface area contributed by atoms with Gasteiger partial charge in [0.05, 0.1) is 6.10 Å². The molecule has 0 bridgehead atoms. The molecule has 0 fully saturated rings. The van der Waals surface area contributed by atoms with Gasteiger partial charge in [-0.1, -0.05) is 52.3 Å². The third kappa shape index (κ3) is 2.93. The van der Waals surface area contributed by atoms with Gasteiger partial charge in [-0.05, 0) is 17.7 Å². The van der Waals surface area contributed by atoms with E-state index in [0.29, 0.717) is 16.5 Å². The van der Waals surface area contributed by atoms with Gasteiger partial charge in [0, 0.05) is 16.5 Å². The minimum Gasteiger partial charge on any atom is -0.388 e. The van der Waals surface area contributed by atoms with Gasteiger partial charge in [0.2, 0.25) is 0 Å². The molecule has 2 rings (SSSR count). The summed E-state index contributed by atoms with van der Waals surface area (Å²) in [5.41, 5.74) is 1.30. The first-order valence-electron chi connectivity index (χ1n) is 5.34. The second kappa shape index (κ2) is 5.43. The maximum absolute atomic E-state index is 13.6. The van der Waals surface area contributed by atoms with Crippen LogP contribution in [0, 0.1) is 5.82 Å². The topological polar surface area (TPSA) is 20.2 Å². The first-order valence-corrected chi connectivity index (χ1v) is 6.13. The highest BCUT2D eigenvalue weighted by Gasteiger charge is 2.16. The Labute approximate surface area is 108 Å². The molecule has 0 aliphatic heterocycles. The van der Waals surface area contributed by atoms with Crippen LogP contribution in [0.15, 0.2) is 53.0 Å². The van der Waals surface area contributed by atoms with Gasteiger partial charge in [-0.3, -0.25) is 0 Å². The van der Waals surface area contributed by atoms with E-state index in [1.165, 1.54) is 6.07 Å². The first kappa shape index (κ1) is 12.3. The first-order chi connectivity index (χ1) is 8.18. The monoisotopic (exact) mass is 294 g/mol. The highest BCUT2D eigenvalue weighted by Crippen LogP contribution is 2.28. The Morgan fingerprint density at radius 2 is 1.76 bits per heavy atom. The van der Waals surface area contributed by atoms with Crippen LogP contribution in [-0.2, 0) is 6.42 Å². The summed E-state index contributed by atoms with van der Waals surface area (Å²) in [6, 6.07) is 14.2. The average molecular weight is 295 g/mol. The average Bonchev–Trinajstić information content (AvgIpc) is 2.30. The molecule has 17 heavy (non-hydrogen) atoms. The zero-order chi connectivity index (χ0) is 12.3. The van der Waals surface area contributed by atoms with Gasteiger partial charge in [0.15, 0.2) is 0 Å². The van der Waals surface area contributed by atoms with Crippen LogP contribution in [0.3, 0.4) is 0 Å². The molecule has 0 aromatic heterocycles. The SMILES string of the molecule is OC(Cc1ccccc1)c1c(F)cccc1Br. The molecule has 2 aromatic carbocycles. The van der Waals surface area contributed by atoms with E-state index >= 15 is 0 Å². The lowest BCUT2D eigenvalue weighted by molar-refractivity contribution is 0.173. The molecule has 2 aromatic rings. The molecule has 1 N–H and O–H groups in total. The molecule has 1 unspecified atom stereocenters. The predicted octanol–water partition coefficient (Wildman–Crippen LogP) is 3.86. The molecule has 1 nitrogen and oxygen atoms in total. The molecule has 88 valence electrons. The van der Waals surface area contributed by atoms with Crippen LogP contribution in [0.2, 0.25) is 0 Å². The Morgan fingerprint density at radius 1 is 1.06 bits per heavy atom. The highest BCUT2D eigenvalue weighted by molar-refractivity contribution is 9.10. The van der Waals surface area contributed by atoms with Crippen LogP contribution in [0.25, 0.3) is 0 Å². The predicted molar refractivity (Wildman–Crippen MR) is 69.2 cm³/mol. The molecule has 0 spiro atoms. The minimum absolute atomic E-state index is 0.316. The van der Waals surface area contributed by atoms with Crippen LogP contribution in [0.1, 0.15) is 17.2 Å². The van der Waals surface area contributed by atoms with Crippen LogP contribution in [-0.4, -0.2) is 5.11 Å². The standard InChI is InChI=1S/C14H12BrFO/c15-11-7-4-8-12(16)14(11)13(17)9-10-5-2-1-3-6-10/h1-8,13,17H,9H2. The molecule has 0 aliphatic carbocycles. The van der Waals surface area contributed by atoms with Crippen LogP contribution >= 0.6 is 15.9 Å². The van der Waals surface area contributed by atoms with Crippen molar-refractivity contribution < 1.29 is 9.50 Å². The van der Waals surface area contributed by atoms with E-state index < -0.39 is 6.10 Å². The highest BCUT2D eigenvalue weighted by atomic mass is 79.9. The molecular weight excluding hydrogens is 283 g/mol. The third-order valence-electron chi connectivity index (χ3n) is 2.60. The molecule has 3 heteroatoms. The number of benzene rings is 2. The van der Waals surface area contributed by atoms with Crippen molar-refractivity contribution in [3.63, 3.8) is 0 Å². The van der Waals surface area contributed by atoms with Gasteiger partial charge >= 0.3 is 0 Å². The van der Waals surface area contributed by atoms with E-state index in [-0.39, 0.29) is 5.82 Å². The number of rotatable bonds is 3. The number of halogens is 2. The Bertz CT molecular complexity index is 479.